The minimum absolute atomic E-state index is 0.00753. The number of hydrogen-bond donors (Lipinski definition) is 3. The molecule has 0 heterocycles. The van der Waals surface area contributed by atoms with E-state index in [1.165, 1.54) is 180 Å². The van der Waals surface area contributed by atoms with E-state index in [0.29, 0.717) is 19.4 Å². The number of carbonyl (C=O) groups is 2. The zero-order valence-electron chi connectivity index (χ0n) is 38.1. The van der Waals surface area contributed by atoms with Gasteiger partial charge >= 0.3 is 5.97 Å². The highest BCUT2D eigenvalue weighted by molar-refractivity contribution is 5.76. The van der Waals surface area contributed by atoms with Gasteiger partial charge in [-0.05, 0) is 57.8 Å². The number of hydrogen-bond acceptors (Lipinski definition) is 5. The van der Waals surface area contributed by atoms with Gasteiger partial charge in [-0.1, -0.05) is 218 Å². The maximum atomic E-state index is 12.4. The molecule has 0 aliphatic carbocycles. The van der Waals surface area contributed by atoms with Crippen LogP contribution in [0.15, 0.2) is 24.3 Å². The lowest BCUT2D eigenvalue weighted by atomic mass is 10.0. The molecule has 0 spiro atoms. The third-order valence-corrected chi connectivity index (χ3v) is 11.5. The van der Waals surface area contributed by atoms with Crippen LogP contribution in [-0.4, -0.2) is 47.4 Å². The second-order valence-corrected chi connectivity index (χ2v) is 17.1. The Bertz CT molecular complexity index is 889. The van der Waals surface area contributed by atoms with Crippen molar-refractivity contribution < 1.29 is 24.5 Å². The molecular formula is C51H97NO5. The molecular weight excluding hydrogens is 707 g/mol. The quantitative estimate of drug-likeness (QED) is 0.0324. The van der Waals surface area contributed by atoms with Gasteiger partial charge in [0.25, 0.3) is 0 Å². The van der Waals surface area contributed by atoms with Crippen LogP contribution >= 0.6 is 0 Å². The van der Waals surface area contributed by atoms with E-state index in [-0.39, 0.29) is 18.5 Å². The summed E-state index contributed by atoms with van der Waals surface area (Å²) in [5, 5.41) is 22.9. The molecule has 0 saturated heterocycles. The first-order valence-corrected chi connectivity index (χ1v) is 25.1. The van der Waals surface area contributed by atoms with Crippen LogP contribution in [0.3, 0.4) is 0 Å². The van der Waals surface area contributed by atoms with Crippen LogP contribution in [-0.2, 0) is 14.3 Å². The molecule has 57 heavy (non-hydrogen) atoms. The first kappa shape index (κ1) is 55.3. The van der Waals surface area contributed by atoms with Gasteiger partial charge in [-0.15, -0.1) is 0 Å². The summed E-state index contributed by atoms with van der Waals surface area (Å²) < 4.78 is 5.47. The minimum Gasteiger partial charge on any atom is -0.466 e. The Morgan fingerprint density at radius 1 is 0.474 bits per heavy atom. The van der Waals surface area contributed by atoms with Crippen molar-refractivity contribution >= 4 is 11.9 Å². The Labute approximate surface area is 354 Å². The van der Waals surface area contributed by atoms with E-state index in [9.17, 15) is 19.8 Å². The molecule has 0 bridgehead atoms. The average molecular weight is 804 g/mol. The monoisotopic (exact) mass is 804 g/mol. The summed E-state index contributed by atoms with van der Waals surface area (Å²) >= 11 is 0. The van der Waals surface area contributed by atoms with Crippen molar-refractivity contribution in [2.45, 2.75) is 276 Å². The highest BCUT2D eigenvalue weighted by atomic mass is 16.5. The van der Waals surface area contributed by atoms with Crippen molar-refractivity contribution in [2.75, 3.05) is 13.2 Å². The van der Waals surface area contributed by atoms with Gasteiger partial charge in [0, 0.05) is 12.8 Å². The summed E-state index contributed by atoms with van der Waals surface area (Å²) in [6.45, 7) is 4.84. The first-order valence-electron chi connectivity index (χ1n) is 25.1. The normalized spacial score (nSPS) is 12.8. The van der Waals surface area contributed by atoms with Crippen LogP contribution in [0.1, 0.15) is 264 Å². The van der Waals surface area contributed by atoms with Crippen molar-refractivity contribution in [1.82, 2.24) is 5.32 Å². The molecule has 0 aliphatic rings. The second kappa shape index (κ2) is 47.0. The number of carbonyl (C=O) groups excluding carboxylic acids is 2. The summed E-state index contributed by atoms with van der Waals surface area (Å²) in [5.74, 6) is -0.0892. The third kappa shape index (κ3) is 43.7. The van der Waals surface area contributed by atoms with E-state index in [0.717, 1.165) is 57.8 Å². The number of aliphatic hydroxyl groups is 2. The van der Waals surface area contributed by atoms with Gasteiger partial charge in [0.15, 0.2) is 0 Å². The van der Waals surface area contributed by atoms with Gasteiger partial charge in [0.2, 0.25) is 5.91 Å². The second-order valence-electron chi connectivity index (χ2n) is 17.1. The third-order valence-electron chi connectivity index (χ3n) is 11.5. The molecule has 336 valence electrons. The Hall–Kier alpha value is -1.66. The number of amides is 1. The van der Waals surface area contributed by atoms with Crippen molar-refractivity contribution in [1.29, 1.82) is 0 Å². The van der Waals surface area contributed by atoms with Gasteiger partial charge in [0.05, 0.1) is 25.4 Å². The van der Waals surface area contributed by atoms with E-state index in [1.807, 2.05) is 6.08 Å². The smallest absolute Gasteiger partial charge is 0.305 e. The largest absolute Gasteiger partial charge is 0.466 e. The molecule has 0 radical (unpaired) electrons. The van der Waals surface area contributed by atoms with Crippen molar-refractivity contribution in [2.24, 2.45) is 0 Å². The topological polar surface area (TPSA) is 95.9 Å². The fraction of sp³-hybridized carbons (Fsp3) is 0.882. The van der Waals surface area contributed by atoms with Crippen molar-refractivity contribution in [3.63, 3.8) is 0 Å². The summed E-state index contributed by atoms with van der Waals surface area (Å²) in [7, 11) is 0. The van der Waals surface area contributed by atoms with Crippen molar-refractivity contribution in [3.05, 3.63) is 24.3 Å². The zero-order valence-corrected chi connectivity index (χ0v) is 38.1. The van der Waals surface area contributed by atoms with Crippen LogP contribution in [0.2, 0.25) is 0 Å². The highest BCUT2D eigenvalue weighted by Crippen LogP contribution is 2.15. The Kier molecular flexibility index (Phi) is 45.7. The number of esters is 1. The number of ether oxygens (including phenoxy) is 1. The molecule has 6 nitrogen and oxygen atoms in total. The zero-order chi connectivity index (χ0) is 41.5. The fourth-order valence-corrected chi connectivity index (χ4v) is 7.57. The molecule has 0 aromatic carbocycles. The van der Waals surface area contributed by atoms with Crippen LogP contribution < -0.4 is 5.32 Å². The standard InChI is InChI=1S/C51H97NO5/c1-3-5-7-9-11-13-14-15-16-17-18-22-25-29-33-37-41-45-51(56)57-46-42-38-34-30-26-23-20-19-21-24-28-32-36-40-44-50(55)52-48(47-53)49(54)43-39-35-31-27-12-10-8-6-4-2/h15-16,39,43,48-49,53-54H,3-14,17-38,40-42,44-47H2,1-2H3,(H,52,55)/b16-15-,43-39+. The number of rotatable bonds is 46. The lowest BCUT2D eigenvalue weighted by Crippen LogP contribution is -2.45. The van der Waals surface area contributed by atoms with E-state index < -0.39 is 12.1 Å². The Morgan fingerprint density at radius 2 is 0.825 bits per heavy atom. The predicted molar refractivity (Wildman–Crippen MR) is 246 cm³/mol. The Morgan fingerprint density at radius 3 is 1.25 bits per heavy atom. The van der Waals surface area contributed by atoms with E-state index >= 15 is 0 Å². The summed E-state index contributed by atoms with van der Waals surface area (Å²) in [5.41, 5.74) is 0. The first-order chi connectivity index (χ1) is 28.0. The van der Waals surface area contributed by atoms with Crippen LogP contribution in [0, 0.1) is 0 Å². The molecule has 0 saturated carbocycles. The number of nitrogens with one attached hydrogen (secondary N) is 1. The van der Waals surface area contributed by atoms with Gasteiger partial charge < -0.3 is 20.3 Å². The molecule has 1 amide bonds. The molecule has 6 heteroatoms. The molecule has 3 N–H and O–H groups in total. The van der Waals surface area contributed by atoms with E-state index in [1.54, 1.807) is 6.08 Å². The van der Waals surface area contributed by atoms with Crippen molar-refractivity contribution in [3.8, 4) is 0 Å². The minimum atomic E-state index is -0.849. The Balaban J connectivity index is 3.43. The van der Waals surface area contributed by atoms with E-state index in [2.05, 4.69) is 31.3 Å². The SMILES string of the molecule is CCCCCCCC/C=C\CCCCCCCCCC(=O)OCCCCCCCCCCCCCCCCC(=O)NC(CO)C(O)/C=C/CCCCCCCCC. The maximum Gasteiger partial charge on any atom is 0.305 e. The lowest BCUT2D eigenvalue weighted by Gasteiger charge is -2.20. The highest BCUT2D eigenvalue weighted by Gasteiger charge is 2.18. The average Bonchev–Trinajstić information content (AvgIpc) is 3.21. The fourth-order valence-electron chi connectivity index (χ4n) is 7.57. The predicted octanol–water partition coefficient (Wildman–Crippen LogP) is 14.7. The van der Waals surface area contributed by atoms with Crippen LogP contribution in [0.25, 0.3) is 0 Å². The number of unbranched alkanes of at least 4 members (excludes halogenated alkanes) is 33. The molecule has 0 aromatic rings. The van der Waals surface area contributed by atoms with Gasteiger partial charge in [-0.3, -0.25) is 9.59 Å². The summed E-state index contributed by atoms with van der Waals surface area (Å²) in [4.78, 5) is 24.4. The maximum absolute atomic E-state index is 12.4. The number of allylic oxidation sites excluding steroid dienone is 3. The number of aliphatic hydroxyl groups excluding tert-OH is 2. The molecule has 2 unspecified atom stereocenters. The molecule has 2 atom stereocenters. The summed E-state index contributed by atoms with van der Waals surface area (Å²) in [6, 6.07) is -0.633. The van der Waals surface area contributed by atoms with Crippen LogP contribution in [0.4, 0.5) is 0 Å². The molecule has 0 fully saturated rings. The van der Waals surface area contributed by atoms with Crippen LogP contribution in [0.5, 0.6) is 0 Å². The van der Waals surface area contributed by atoms with Gasteiger partial charge in [-0.2, -0.15) is 0 Å². The van der Waals surface area contributed by atoms with Gasteiger partial charge in [-0.25, -0.2) is 0 Å². The molecule has 0 aliphatic heterocycles. The molecule has 0 rings (SSSR count). The molecule has 0 aromatic heterocycles. The van der Waals surface area contributed by atoms with E-state index in [4.69, 9.17) is 4.74 Å². The summed E-state index contributed by atoms with van der Waals surface area (Å²) in [6.07, 6.45) is 54.6. The van der Waals surface area contributed by atoms with Gasteiger partial charge in [0.1, 0.15) is 0 Å². The lowest BCUT2D eigenvalue weighted by molar-refractivity contribution is -0.143.